The first-order valence-electron chi connectivity index (χ1n) is 5.22. The lowest BCUT2D eigenvalue weighted by Gasteiger charge is -2.19. The molecule has 1 aliphatic heterocycles. The van der Waals surface area contributed by atoms with E-state index in [9.17, 15) is 0 Å². The van der Waals surface area contributed by atoms with Crippen molar-refractivity contribution >= 4 is 11.8 Å². The molecule has 0 bridgehead atoms. The zero-order chi connectivity index (χ0) is 10.8. The molecule has 0 N–H and O–H groups in total. The van der Waals surface area contributed by atoms with Crippen LogP contribution in [0.25, 0.3) is 0 Å². The minimum Gasteiger partial charge on any atom is -0.481 e. The van der Waals surface area contributed by atoms with Gasteiger partial charge in [-0.3, -0.25) is 0 Å². The lowest BCUT2D eigenvalue weighted by atomic mass is 10.1. The Balaban J connectivity index is 2.10. The molecule has 1 heterocycles. The van der Waals surface area contributed by atoms with E-state index in [1.807, 2.05) is 0 Å². The van der Waals surface area contributed by atoms with Gasteiger partial charge in [0.2, 0.25) is 0 Å². The Morgan fingerprint density at radius 2 is 2.27 bits per heavy atom. The van der Waals surface area contributed by atoms with E-state index in [1.54, 1.807) is 11.8 Å². The maximum atomic E-state index is 5.46. The van der Waals surface area contributed by atoms with Crippen LogP contribution in [0.2, 0.25) is 0 Å². The van der Waals surface area contributed by atoms with Crippen molar-refractivity contribution in [1.82, 2.24) is 4.90 Å². The number of rotatable bonds is 3. The smallest absolute Gasteiger partial charge is 0.138 e. The van der Waals surface area contributed by atoms with Crippen molar-refractivity contribution in [1.29, 1.82) is 0 Å². The fourth-order valence-corrected chi connectivity index (χ4v) is 2.41. The average molecular weight is 223 g/mol. The summed E-state index contributed by atoms with van der Waals surface area (Å²) in [5.41, 5.74) is 1.40. The highest BCUT2D eigenvalue weighted by atomic mass is 32.2. The van der Waals surface area contributed by atoms with E-state index < -0.39 is 0 Å². The molecular formula is C12H17NOS. The molecule has 1 aromatic rings. The Bertz CT molecular complexity index is 351. The largest absolute Gasteiger partial charge is 0.481 e. The quantitative estimate of drug-likeness (QED) is 0.781. The number of nitrogens with zero attached hydrogens (tertiary/aromatic N) is 1. The molecule has 1 unspecified atom stereocenters. The van der Waals surface area contributed by atoms with E-state index in [1.165, 1.54) is 10.5 Å². The van der Waals surface area contributed by atoms with Crippen LogP contribution in [0, 0.1) is 0 Å². The first kappa shape index (κ1) is 10.8. The highest BCUT2D eigenvalue weighted by Crippen LogP contribution is 2.36. The fraction of sp³-hybridized carbons (Fsp3) is 0.500. The molecule has 0 amide bonds. The summed E-state index contributed by atoms with van der Waals surface area (Å²) in [5.74, 6) is 1.81. The molecule has 0 fully saturated rings. The van der Waals surface area contributed by atoms with Gasteiger partial charge >= 0.3 is 0 Å². The van der Waals surface area contributed by atoms with Crippen LogP contribution in [-0.2, 0) is 6.42 Å². The van der Waals surface area contributed by atoms with Crippen molar-refractivity contribution < 1.29 is 4.74 Å². The Kier molecular flexibility index (Phi) is 3.22. The molecule has 0 saturated heterocycles. The van der Waals surface area contributed by atoms with Crippen LogP contribution in [0.3, 0.4) is 0 Å². The molecule has 1 aromatic carbocycles. The average Bonchev–Trinajstić information content (AvgIpc) is 2.64. The first-order valence-corrected chi connectivity index (χ1v) is 6.20. The molecule has 15 heavy (non-hydrogen) atoms. The van der Waals surface area contributed by atoms with E-state index in [0.717, 1.165) is 18.1 Å². The molecule has 2 nitrogen and oxygen atoms in total. The lowest BCUT2D eigenvalue weighted by molar-refractivity contribution is 0.312. The van der Waals surface area contributed by atoms with Crippen LogP contribution in [0.5, 0.6) is 5.75 Å². The van der Waals surface area contributed by atoms with Crippen molar-refractivity contribution in [3.05, 3.63) is 23.8 Å². The monoisotopic (exact) mass is 223 g/mol. The fourth-order valence-electron chi connectivity index (χ4n) is 1.59. The van der Waals surface area contributed by atoms with Crippen LogP contribution >= 0.6 is 11.8 Å². The molecule has 0 aliphatic carbocycles. The number of likely N-dealkylation sites (N-methyl/N-ethyl adjacent to an activating group) is 1. The van der Waals surface area contributed by atoms with E-state index >= 15 is 0 Å². The van der Waals surface area contributed by atoms with Gasteiger partial charge in [-0.25, -0.2) is 0 Å². The van der Waals surface area contributed by atoms with Crippen molar-refractivity contribution in [2.45, 2.75) is 24.3 Å². The summed E-state index contributed by atoms with van der Waals surface area (Å²) >= 11 is 1.78. The van der Waals surface area contributed by atoms with Crippen LogP contribution in [0.15, 0.2) is 23.1 Å². The standard InChI is InChI=1S/C12H17NOS/c1-9(13(2)3)6-10-4-5-11-12(7-10)15-8-14-11/h4-5,7,9H,6,8H2,1-3H3. The van der Waals surface area contributed by atoms with Crippen LogP contribution in [0.4, 0.5) is 0 Å². The van der Waals surface area contributed by atoms with Crippen molar-refractivity contribution in [3.8, 4) is 5.75 Å². The first-order chi connectivity index (χ1) is 7.16. The molecular weight excluding hydrogens is 206 g/mol. The van der Waals surface area contributed by atoms with Crippen molar-refractivity contribution in [3.63, 3.8) is 0 Å². The number of hydrogen-bond acceptors (Lipinski definition) is 3. The van der Waals surface area contributed by atoms with Crippen LogP contribution < -0.4 is 4.74 Å². The maximum absolute atomic E-state index is 5.46. The number of hydrogen-bond donors (Lipinski definition) is 0. The van der Waals surface area contributed by atoms with Gasteiger partial charge in [-0.05, 0) is 45.1 Å². The van der Waals surface area contributed by atoms with E-state index in [2.05, 4.69) is 44.1 Å². The molecule has 0 saturated carbocycles. The summed E-state index contributed by atoms with van der Waals surface area (Å²) in [6, 6.07) is 7.10. The molecule has 0 radical (unpaired) electrons. The second-order valence-corrected chi connectivity index (χ2v) is 5.17. The number of benzene rings is 1. The highest BCUT2D eigenvalue weighted by molar-refractivity contribution is 7.99. The zero-order valence-electron chi connectivity index (χ0n) is 9.49. The summed E-state index contributed by atoms with van der Waals surface area (Å²) in [6.45, 7) is 2.25. The summed E-state index contributed by atoms with van der Waals surface area (Å²) in [5, 5.41) is 0. The number of thioether (sulfide) groups is 1. The summed E-state index contributed by atoms with van der Waals surface area (Å²) < 4.78 is 5.46. The van der Waals surface area contributed by atoms with Crippen LogP contribution in [0.1, 0.15) is 12.5 Å². The minimum absolute atomic E-state index is 0.579. The van der Waals surface area contributed by atoms with Gasteiger partial charge < -0.3 is 9.64 Å². The molecule has 3 heteroatoms. The van der Waals surface area contributed by atoms with Gasteiger partial charge in [-0.1, -0.05) is 17.8 Å². The second-order valence-electron chi connectivity index (χ2n) is 4.20. The third-order valence-corrected chi connectivity index (χ3v) is 3.72. The SMILES string of the molecule is CC(Cc1ccc2c(c1)SCO2)N(C)C. The van der Waals surface area contributed by atoms with Gasteiger partial charge in [0.1, 0.15) is 11.7 Å². The van der Waals surface area contributed by atoms with Crippen LogP contribution in [-0.4, -0.2) is 31.0 Å². The Morgan fingerprint density at radius 3 is 3.00 bits per heavy atom. The molecule has 2 rings (SSSR count). The molecule has 82 valence electrons. The Hall–Kier alpha value is -0.670. The lowest BCUT2D eigenvalue weighted by Crippen LogP contribution is -2.26. The Morgan fingerprint density at radius 1 is 1.47 bits per heavy atom. The predicted molar refractivity (Wildman–Crippen MR) is 64.6 cm³/mol. The predicted octanol–water partition coefficient (Wildman–Crippen LogP) is 2.62. The number of fused-ring (bicyclic) bond motifs is 1. The van der Waals surface area contributed by atoms with Gasteiger partial charge in [-0.15, -0.1) is 0 Å². The normalized spacial score (nSPS) is 16.3. The third kappa shape index (κ3) is 2.47. The minimum atomic E-state index is 0.579. The zero-order valence-corrected chi connectivity index (χ0v) is 10.3. The topological polar surface area (TPSA) is 12.5 Å². The highest BCUT2D eigenvalue weighted by Gasteiger charge is 2.14. The van der Waals surface area contributed by atoms with Gasteiger partial charge in [0.05, 0.1) is 4.90 Å². The summed E-state index contributed by atoms with van der Waals surface area (Å²) in [7, 11) is 4.24. The van der Waals surface area contributed by atoms with E-state index in [-0.39, 0.29) is 0 Å². The van der Waals surface area contributed by atoms with Gasteiger partial charge in [0.15, 0.2) is 0 Å². The van der Waals surface area contributed by atoms with Crippen molar-refractivity contribution in [2.75, 3.05) is 20.0 Å². The molecule has 1 atom stereocenters. The summed E-state index contributed by atoms with van der Waals surface area (Å²) in [6.07, 6.45) is 1.10. The van der Waals surface area contributed by atoms with E-state index in [4.69, 9.17) is 4.74 Å². The molecule has 1 aliphatic rings. The van der Waals surface area contributed by atoms with Gasteiger partial charge in [-0.2, -0.15) is 0 Å². The van der Waals surface area contributed by atoms with Gasteiger partial charge in [0.25, 0.3) is 0 Å². The number of ether oxygens (including phenoxy) is 1. The Labute approximate surface area is 95.6 Å². The second kappa shape index (κ2) is 4.45. The summed E-state index contributed by atoms with van der Waals surface area (Å²) in [4.78, 5) is 3.54. The van der Waals surface area contributed by atoms with Crippen molar-refractivity contribution in [2.24, 2.45) is 0 Å². The molecule has 0 aromatic heterocycles. The van der Waals surface area contributed by atoms with E-state index in [0.29, 0.717) is 6.04 Å². The molecule has 0 spiro atoms. The third-order valence-electron chi connectivity index (χ3n) is 2.85. The van der Waals surface area contributed by atoms with Gasteiger partial charge in [0, 0.05) is 6.04 Å². The maximum Gasteiger partial charge on any atom is 0.138 e.